The molecule has 2 N–H and O–H groups in total. The molecule has 0 saturated heterocycles. The van der Waals surface area contributed by atoms with Crippen molar-refractivity contribution in [2.45, 2.75) is 31.7 Å². The molecule has 0 aliphatic carbocycles. The summed E-state index contributed by atoms with van der Waals surface area (Å²) in [5.41, 5.74) is 1.51. The molecule has 0 spiro atoms. The highest BCUT2D eigenvalue weighted by Gasteiger charge is 2.42. The first-order valence-electron chi connectivity index (χ1n) is 10.4. The van der Waals surface area contributed by atoms with Gasteiger partial charge in [-0.3, -0.25) is 14.4 Å². The third kappa shape index (κ3) is 5.65. The number of carbonyl (C=O) groups is 3. The average Bonchev–Trinajstić information content (AvgIpc) is 3.03. The number of carboxylic acid groups (broad SMARTS) is 1. The molecular weight excluding hydrogens is 430 g/mol. The van der Waals surface area contributed by atoms with E-state index in [9.17, 15) is 19.5 Å². The van der Waals surface area contributed by atoms with Crippen molar-refractivity contribution in [1.82, 2.24) is 4.90 Å². The molecule has 0 fully saturated rings. The van der Waals surface area contributed by atoms with Gasteiger partial charge in [0.05, 0.1) is 11.6 Å². The lowest BCUT2D eigenvalue weighted by molar-refractivity contribution is -0.137. The molecular formula is C25H24ClNO5. The van der Waals surface area contributed by atoms with Crippen LogP contribution in [0.3, 0.4) is 0 Å². The molecule has 6 nitrogen and oxygen atoms in total. The third-order valence-corrected chi connectivity index (χ3v) is 5.52. The highest BCUT2D eigenvalue weighted by Crippen LogP contribution is 2.38. The normalized spacial score (nSPS) is 16.2. The third-order valence-electron chi connectivity index (χ3n) is 5.27. The smallest absolute Gasteiger partial charge is 0.303 e. The summed E-state index contributed by atoms with van der Waals surface area (Å²) in [5.74, 6) is -2.48. The number of aliphatic carboxylic acids is 1. The van der Waals surface area contributed by atoms with Gasteiger partial charge in [-0.05, 0) is 42.2 Å². The molecule has 0 saturated carbocycles. The average molecular weight is 454 g/mol. The Balaban J connectivity index is 1.85. The number of carboxylic acids is 1. The second-order valence-corrected chi connectivity index (χ2v) is 7.96. The maximum atomic E-state index is 13.0. The SMILES string of the molecule is O=C(O)CCCCCN1C(=O)C(O)=C(C(=O)/C=C/c2ccccc2)[C@H]1c1ccc(Cl)cc1. The summed E-state index contributed by atoms with van der Waals surface area (Å²) in [4.78, 5) is 38.0. The van der Waals surface area contributed by atoms with Gasteiger partial charge in [-0.25, -0.2) is 0 Å². The summed E-state index contributed by atoms with van der Waals surface area (Å²) < 4.78 is 0. The molecule has 0 radical (unpaired) electrons. The van der Waals surface area contributed by atoms with Crippen molar-refractivity contribution < 1.29 is 24.6 Å². The van der Waals surface area contributed by atoms with Crippen LogP contribution in [0.4, 0.5) is 0 Å². The summed E-state index contributed by atoms with van der Waals surface area (Å²) in [5, 5.41) is 19.9. The lowest BCUT2D eigenvalue weighted by atomic mass is 9.95. The number of hydrogen-bond acceptors (Lipinski definition) is 4. The molecule has 2 aromatic carbocycles. The van der Waals surface area contributed by atoms with Crippen LogP contribution in [0.25, 0.3) is 6.08 Å². The van der Waals surface area contributed by atoms with Crippen molar-refractivity contribution in [3.05, 3.63) is 88.2 Å². The molecule has 1 aliphatic rings. The molecule has 0 bridgehead atoms. The summed E-state index contributed by atoms with van der Waals surface area (Å²) in [7, 11) is 0. The fraction of sp³-hybridized carbons (Fsp3) is 0.240. The van der Waals surface area contributed by atoms with Crippen LogP contribution in [0.1, 0.15) is 42.9 Å². The van der Waals surface area contributed by atoms with Crippen LogP contribution in [-0.4, -0.2) is 39.3 Å². The summed E-state index contributed by atoms with van der Waals surface area (Å²) in [6.07, 6.45) is 4.72. The lowest BCUT2D eigenvalue weighted by Gasteiger charge is -2.26. The minimum Gasteiger partial charge on any atom is -0.503 e. The number of aliphatic hydroxyl groups excluding tert-OH is 1. The summed E-state index contributed by atoms with van der Waals surface area (Å²) in [6, 6.07) is 15.3. The first-order chi connectivity index (χ1) is 15.4. The molecule has 0 aromatic heterocycles. The Labute approximate surface area is 191 Å². The van der Waals surface area contributed by atoms with Gasteiger partial charge in [-0.2, -0.15) is 0 Å². The molecule has 2 aromatic rings. The minimum absolute atomic E-state index is 0.0232. The van der Waals surface area contributed by atoms with E-state index in [-0.39, 0.29) is 18.5 Å². The van der Waals surface area contributed by atoms with Gasteiger partial charge in [-0.15, -0.1) is 0 Å². The fourth-order valence-corrected chi connectivity index (χ4v) is 3.81. The standard InChI is InChI=1S/C25H24ClNO5/c26-19-13-11-18(12-14-19)23-22(20(28)15-10-17-7-3-1-4-8-17)24(31)25(32)27(23)16-6-2-5-9-21(29)30/h1,3-4,7-8,10-15,23,31H,2,5-6,9,16H2,(H,29,30)/b15-10+/t23-/m1/s1. The highest BCUT2D eigenvalue weighted by molar-refractivity contribution is 6.30. The van der Waals surface area contributed by atoms with Crippen molar-refractivity contribution in [2.24, 2.45) is 0 Å². The zero-order valence-electron chi connectivity index (χ0n) is 17.4. The monoisotopic (exact) mass is 453 g/mol. The number of allylic oxidation sites excluding steroid dienone is 1. The number of ketones is 1. The molecule has 1 amide bonds. The van der Waals surface area contributed by atoms with E-state index >= 15 is 0 Å². The maximum absolute atomic E-state index is 13.0. The molecule has 1 atom stereocenters. The highest BCUT2D eigenvalue weighted by atomic mass is 35.5. The summed E-state index contributed by atoms with van der Waals surface area (Å²) in [6.45, 7) is 0.287. The number of aliphatic hydroxyl groups is 1. The van der Waals surface area contributed by atoms with Gasteiger partial charge in [0.2, 0.25) is 0 Å². The first-order valence-corrected chi connectivity index (χ1v) is 10.7. The van der Waals surface area contributed by atoms with Gasteiger partial charge >= 0.3 is 5.97 Å². The number of nitrogens with zero attached hydrogens (tertiary/aromatic N) is 1. The molecule has 32 heavy (non-hydrogen) atoms. The van der Waals surface area contributed by atoms with E-state index in [1.165, 1.54) is 11.0 Å². The van der Waals surface area contributed by atoms with E-state index in [2.05, 4.69) is 0 Å². The van der Waals surface area contributed by atoms with E-state index in [4.69, 9.17) is 16.7 Å². The lowest BCUT2D eigenvalue weighted by Crippen LogP contribution is -2.32. The maximum Gasteiger partial charge on any atom is 0.303 e. The zero-order chi connectivity index (χ0) is 23.1. The Hall–Kier alpha value is -3.38. The molecule has 1 aliphatic heterocycles. The molecule has 1 heterocycles. The Kier molecular flexibility index (Phi) is 7.84. The van der Waals surface area contributed by atoms with Crippen molar-refractivity contribution in [1.29, 1.82) is 0 Å². The second-order valence-electron chi connectivity index (χ2n) is 7.53. The van der Waals surface area contributed by atoms with Crippen molar-refractivity contribution in [3.63, 3.8) is 0 Å². The van der Waals surface area contributed by atoms with Crippen LogP contribution in [0, 0.1) is 0 Å². The fourth-order valence-electron chi connectivity index (χ4n) is 3.69. The molecule has 0 unspecified atom stereocenters. The van der Waals surface area contributed by atoms with Crippen LogP contribution < -0.4 is 0 Å². The van der Waals surface area contributed by atoms with Gasteiger partial charge in [0.1, 0.15) is 0 Å². The largest absolute Gasteiger partial charge is 0.503 e. The van der Waals surface area contributed by atoms with E-state index < -0.39 is 29.5 Å². The van der Waals surface area contributed by atoms with E-state index in [1.54, 1.807) is 30.3 Å². The Morgan fingerprint density at radius 2 is 1.69 bits per heavy atom. The number of halogens is 1. The van der Waals surface area contributed by atoms with E-state index in [1.807, 2.05) is 30.3 Å². The number of benzene rings is 2. The minimum atomic E-state index is -0.862. The predicted octanol–water partition coefficient (Wildman–Crippen LogP) is 4.96. The van der Waals surface area contributed by atoms with Gasteiger partial charge in [0.25, 0.3) is 5.91 Å². The molecule has 166 valence electrons. The Morgan fingerprint density at radius 1 is 1.00 bits per heavy atom. The Morgan fingerprint density at radius 3 is 2.34 bits per heavy atom. The number of rotatable bonds is 10. The number of hydrogen-bond donors (Lipinski definition) is 2. The van der Waals surface area contributed by atoms with Crippen LogP contribution in [0.5, 0.6) is 0 Å². The van der Waals surface area contributed by atoms with Crippen LogP contribution in [-0.2, 0) is 14.4 Å². The van der Waals surface area contributed by atoms with Gasteiger partial charge < -0.3 is 15.1 Å². The van der Waals surface area contributed by atoms with Gasteiger partial charge in [-0.1, -0.05) is 66.6 Å². The Bertz CT molecular complexity index is 1040. The van der Waals surface area contributed by atoms with Gasteiger partial charge in [0.15, 0.2) is 11.5 Å². The van der Waals surface area contributed by atoms with Crippen molar-refractivity contribution in [2.75, 3.05) is 6.54 Å². The van der Waals surface area contributed by atoms with E-state index in [0.29, 0.717) is 29.8 Å². The van der Waals surface area contributed by atoms with Crippen molar-refractivity contribution >= 4 is 35.3 Å². The number of carbonyl (C=O) groups excluding carboxylic acids is 2. The zero-order valence-corrected chi connectivity index (χ0v) is 18.2. The van der Waals surface area contributed by atoms with E-state index in [0.717, 1.165) is 5.56 Å². The second kappa shape index (κ2) is 10.8. The molecule has 3 rings (SSSR count). The molecule has 7 heteroatoms. The first kappa shape index (κ1) is 23.3. The van der Waals surface area contributed by atoms with Crippen LogP contribution in [0.15, 0.2) is 72.0 Å². The van der Waals surface area contributed by atoms with Gasteiger partial charge in [0, 0.05) is 18.0 Å². The quantitative estimate of drug-likeness (QED) is 0.391. The topological polar surface area (TPSA) is 94.9 Å². The number of amides is 1. The summed E-state index contributed by atoms with van der Waals surface area (Å²) >= 11 is 6.00. The predicted molar refractivity (Wildman–Crippen MR) is 122 cm³/mol. The van der Waals surface area contributed by atoms with Crippen molar-refractivity contribution in [3.8, 4) is 0 Å². The number of unbranched alkanes of at least 4 members (excludes halogenated alkanes) is 2. The van der Waals surface area contributed by atoms with Crippen LogP contribution in [0.2, 0.25) is 5.02 Å². The van der Waals surface area contributed by atoms with Crippen LogP contribution >= 0.6 is 11.6 Å².